The lowest BCUT2D eigenvalue weighted by Gasteiger charge is -2.06. The zero-order valence-electron chi connectivity index (χ0n) is 15.0. The first-order chi connectivity index (χ1) is 13.5. The van der Waals surface area contributed by atoms with Crippen molar-refractivity contribution in [1.29, 1.82) is 0 Å². The third-order valence-corrected chi connectivity index (χ3v) is 4.94. The molecule has 28 heavy (non-hydrogen) atoms. The van der Waals surface area contributed by atoms with Crippen molar-refractivity contribution in [2.75, 3.05) is 5.32 Å². The number of nitrogens with zero attached hydrogens (tertiary/aromatic N) is 4. The summed E-state index contributed by atoms with van der Waals surface area (Å²) in [5, 5.41) is 7.09. The van der Waals surface area contributed by atoms with E-state index in [1.165, 1.54) is 4.40 Å². The van der Waals surface area contributed by atoms with Gasteiger partial charge in [0, 0.05) is 16.1 Å². The average Bonchev–Trinajstić information content (AvgIpc) is 3.00. The molecular weight excluding hydrogens is 422 g/mol. The highest BCUT2D eigenvalue weighted by molar-refractivity contribution is 9.10. The van der Waals surface area contributed by atoms with Crippen LogP contribution in [0.4, 0.5) is 5.69 Å². The Hall–Kier alpha value is -3.26. The molecule has 4 aromatic rings. The van der Waals surface area contributed by atoms with Crippen LogP contribution in [0, 0.1) is 6.92 Å². The number of carbonyl (C=O) groups excluding carboxylic acids is 1. The Kier molecular flexibility index (Phi) is 4.79. The number of anilines is 1. The fourth-order valence-electron chi connectivity index (χ4n) is 2.95. The van der Waals surface area contributed by atoms with Crippen LogP contribution in [-0.4, -0.2) is 25.1 Å². The maximum atomic E-state index is 12.7. The van der Waals surface area contributed by atoms with Gasteiger partial charge in [0.25, 0.3) is 0 Å². The van der Waals surface area contributed by atoms with Gasteiger partial charge in [-0.25, -0.2) is 18.9 Å². The summed E-state index contributed by atoms with van der Waals surface area (Å²) in [6, 6.07) is 18.7. The lowest BCUT2D eigenvalue weighted by atomic mass is 10.1. The number of benzene rings is 2. The van der Waals surface area contributed by atoms with E-state index < -0.39 is 5.69 Å². The van der Waals surface area contributed by atoms with Crippen molar-refractivity contribution in [3.8, 4) is 11.3 Å². The van der Waals surface area contributed by atoms with E-state index in [4.69, 9.17) is 0 Å². The number of rotatable bonds is 4. The monoisotopic (exact) mass is 437 g/mol. The number of aryl methyl sites for hydroxylation is 1. The second-order valence-corrected chi connectivity index (χ2v) is 7.07. The summed E-state index contributed by atoms with van der Waals surface area (Å²) in [5.74, 6) is 0.171. The molecule has 1 amide bonds. The van der Waals surface area contributed by atoms with E-state index in [1.807, 2.05) is 48.5 Å². The van der Waals surface area contributed by atoms with Gasteiger partial charge in [0.2, 0.25) is 5.91 Å². The highest BCUT2D eigenvalue weighted by atomic mass is 79.9. The number of aromatic nitrogens is 4. The van der Waals surface area contributed by atoms with Crippen LogP contribution in [0.15, 0.2) is 69.9 Å². The molecular formula is C20H16BrN5O2. The van der Waals surface area contributed by atoms with Gasteiger partial charge in [-0.05, 0) is 35.0 Å². The van der Waals surface area contributed by atoms with Gasteiger partial charge in [-0.2, -0.15) is 0 Å². The van der Waals surface area contributed by atoms with E-state index in [0.29, 0.717) is 17.2 Å². The third kappa shape index (κ3) is 3.46. The summed E-state index contributed by atoms with van der Waals surface area (Å²) in [7, 11) is 0. The van der Waals surface area contributed by atoms with E-state index in [1.54, 1.807) is 19.1 Å². The minimum absolute atomic E-state index is 0.193. The third-order valence-electron chi connectivity index (χ3n) is 4.25. The first kappa shape index (κ1) is 18.1. The molecule has 0 saturated heterocycles. The number of hydrogen-bond acceptors (Lipinski definition) is 4. The van der Waals surface area contributed by atoms with Gasteiger partial charge >= 0.3 is 5.69 Å². The topological polar surface area (TPSA) is 81.3 Å². The maximum absolute atomic E-state index is 12.7. The molecule has 2 aromatic carbocycles. The van der Waals surface area contributed by atoms with Gasteiger partial charge in [-0.1, -0.05) is 42.5 Å². The molecule has 4 rings (SSSR count). The fourth-order valence-corrected chi connectivity index (χ4v) is 3.33. The predicted octanol–water partition coefficient (Wildman–Crippen LogP) is 3.27. The van der Waals surface area contributed by atoms with Crippen molar-refractivity contribution in [3.63, 3.8) is 0 Å². The average molecular weight is 438 g/mol. The molecule has 2 aromatic heterocycles. The van der Waals surface area contributed by atoms with Crippen molar-refractivity contribution in [2.24, 2.45) is 0 Å². The van der Waals surface area contributed by atoms with Gasteiger partial charge in [0.1, 0.15) is 12.4 Å². The molecule has 0 spiro atoms. The van der Waals surface area contributed by atoms with Gasteiger partial charge < -0.3 is 5.32 Å². The molecule has 140 valence electrons. The van der Waals surface area contributed by atoms with E-state index in [0.717, 1.165) is 20.4 Å². The van der Waals surface area contributed by atoms with Gasteiger partial charge in [-0.15, -0.1) is 5.10 Å². The highest BCUT2D eigenvalue weighted by Crippen LogP contribution is 2.21. The molecule has 8 heteroatoms. The Morgan fingerprint density at radius 3 is 2.57 bits per heavy atom. The molecule has 0 atom stereocenters. The van der Waals surface area contributed by atoms with Crippen LogP contribution in [0.25, 0.3) is 16.9 Å². The first-order valence-corrected chi connectivity index (χ1v) is 9.39. The second kappa shape index (κ2) is 7.40. The molecule has 0 radical (unpaired) electrons. The Labute approximate surface area is 168 Å². The van der Waals surface area contributed by atoms with E-state index >= 15 is 0 Å². The summed E-state index contributed by atoms with van der Waals surface area (Å²) in [6.45, 7) is 1.55. The van der Waals surface area contributed by atoms with Crippen molar-refractivity contribution >= 4 is 33.2 Å². The van der Waals surface area contributed by atoms with E-state index in [9.17, 15) is 9.59 Å². The van der Waals surface area contributed by atoms with Crippen LogP contribution in [0.2, 0.25) is 0 Å². The number of amides is 1. The summed E-state index contributed by atoms with van der Waals surface area (Å²) in [4.78, 5) is 29.6. The van der Waals surface area contributed by atoms with Gasteiger partial charge in [-0.3, -0.25) is 4.79 Å². The normalized spacial score (nSPS) is 10.9. The molecule has 0 aliphatic rings. The fraction of sp³-hybridized carbons (Fsp3) is 0.100. The van der Waals surface area contributed by atoms with Gasteiger partial charge in [0.05, 0.1) is 11.4 Å². The highest BCUT2D eigenvalue weighted by Gasteiger charge is 2.15. The van der Waals surface area contributed by atoms with E-state index in [-0.39, 0.29) is 12.5 Å². The molecule has 2 heterocycles. The van der Waals surface area contributed by atoms with Crippen LogP contribution in [0.5, 0.6) is 0 Å². The van der Waals surface area contributed by atoms with Crippen LogP contribution in [-0.2, 0) is 11.3 Å². The molecule has 0 unspecified atom stereocenters. The smallest absolute Gasteiger partial charge is 0.323 e. The number of halogens is 1. The quantitative estimate of drug-likeness (QED) is 0.531. The van der Waals surface area contributed by atoms with Crippen LogP contribution < -0.4 is 11.0 Å². The van der Waals surface area contributed by atoms with Crippen molar-refractivity contribution in [1.82, 2.24) is 19.2 Å². The van der Waals surface area contributed by atoms with Crippen LogP contribution in [0.1, 0.15) is 5.82 Å². The number of para-hydroxylation sites is 1. The minimum atomic E-state index is -0.401. The number of hydrogen-bond donors (Lipinski definition) is 1. The van der Waals surface area contributed by atoms with E-state index in [2.05, 4.69) is 31.3 Å². The van der Waals surface area contributed by atoms with Gasteiger partial charge in [0.15, 0.2) is 5.65 Å². The van der Waals surface area contributed by atoms with Crippen molar-refractivity contribution in [3.05, 3.63) is 81.4 Å². The molecule has 0 bridgehead atoms. The first-order valence-electron chi connectivity index (χ1n) is 8.60. The van der Waals surface area contributed by atoms with Crippen molar-refractivity contribution < 1.29 is 4.79 Å². The standard InChI is InChI=1S/C20H16BrN5O2/c1-13-22-17(14-7-3-2-4-8-14)11-18-24-25(20(28)26(13)18)12-19(27)23-16-10-6-5-9-15(16)21/h2-11H,12H2,1H3,(H,23,27). The SMILES string of the molecule is Cc1nc(-c2ccccc2)cc2nn(CC(=O)Nc3ccccc3Br)c(=O)n12. The number of nitrogens with one attached hydrogen (secondary N) is 1. The zero-order chi connectivity index (χ0) is 19.7. The lowest BCUT2D eigenvalue weighted by molar-refractivity contribution is -0.117. The lowest BCUT2D eigenvalue weighted by Crippen LogP contribution is -2.29. The molecule has 0 saturated carbocycles. The Morgan fingerprint density at radius 2 is 1.82 bits per heavy atom. The summed E-state index contributed by atoms with van der Waals surface area (Å²) >= 11 is 3.38. The largest absolute Gasteiger partial charge is 0.352 e. The Morgan fingerprint density at radius 1 is 1.11 bits per heavy atom. The predicted molar refractivity (Wildman–Crippen MR) is 110 cm³/mol. The summed E-state index contributed by atoms with van der Waals surface area (Å²) < 4.78 is 3.31. The Bertz CT molecular complexity index is 1230. The molecule has 0 fully saturated rings. The number of carbonyl (C=O) groups is 1. The second-order valence-electron chi connectivity index (χ2n) is 6.22. The molecule has 1 N–H and O–H groups in total. The van der Waals surface area contributed by atoms with Crippen LogP contribution in [0.3, 0.4) is 0 Å². The minimum Gasteiger partial charge on any atom is -0.323 e. The van der Waals surface area contributed by atoms with Crippen molar-refractivity contribution in [2.45, 2.75) is 13.5 Å². The Balaban J connectivity index is 1.66. The maximum Gasteiger partial charge on any atom is 0.352 e. The molecule has 7 nitrogen and oxygen atoms in total. The number of fused-ring (bicyclic) bond motifs is 1. The summed E-state index contributed by atoms with van der Waals surface area (Å²) in [5.41, 5.74) is 2.34. The molecule has 0 aliphatic heterocycles. The zero-order valence-corrected chi connectivity index (χ0v) is 16.5. The summed E-state index contributed by atoms with van der Waals surface area (Å²) in [6.07, 6.45) is 0. The van der Waals surface area contributed by atoms with Crippen LogP contribution >= 0.6 is 15.9 Å². The molecule has 0 aliphatic carbocycles.